The maximum atomic E-state index is 13.7. The van der Waals surface area contributed by atoms with Crippen LogP contribution in [0.25, 0.3) is 10.2 Å². The maximum Gasteiger partial charge on any atom is 0.128 e. The van der Waals surface area contributed by atoms with Gasteiger partial charge in [0.15, 0.2) is 0 Å². The molecule has 1 unspecified atom stereocenters. The first-order valence-electron chi connectivity index (χ1n) is 6.66. The highest BCUT2D eigenvalue weighted by Gasteiger charge is 2.12. The molecule has 1 N–H and O–H groups in total. The zero-order valence-electron chi connectivity index (χ0n) is 11.4. The lowest BCUT2D eigenvalue weighted by atomic mass is 10.1. The Balaban J connectivity index is 1.73. The van der Waals surface area contributed by atoms with Crippen molar-refractivity contribution in [1.82, 2.24) is 10.3 Å². The van der Waals surface area contributed by atoms with Gasteiger partial charge in [-0.2, -0.15) is 0 Å². The van der Waals surface area contributed by atoms with E-state index < -0.39 is 11.6 Å². The predicted molar refractivity (Wildman–Crippen MR) is 81.2 cm³/mol. The molecule has 0 radical (unpaired) electrons. The first-order chi connectivity index (χ1) is 10.1. The number of hydrogen-bond acceptors (Lipinski definition) is 3. The van der Waals surface area contributed by atoms with Crippen LogP contribution in [0, 0.1) is 11.6 Å². The average Bonchev–Trinajstić information content (AvgIpc) is 2.90. The summed E-state index contributed by atoms with van der Waals surface area (Å²) in [6, 6.07) is 11.1. The van der Waals surface area contributed by atoms with Crippen LogP contribution in [-0.2, 0) is 6.54 Å². The van der Waals surface area contributed by atoms with Gasteiger partial charge in [0.2, 0.25) is 0 Å². The molecule has 108 valence electrons. The predicted octanol–water partition coefficient (Wildman–Crippen LogP) is 4.43. The summed E-state index contributed by atoms with van der Waals surface area (Å²) in [5.41, 5.74) is 1.29. The van der Waals surface area contributed by atoms with Gasteiger partial charge in [-0.15, -0.1) is 11.3 Å². The lowest BCUT2D eigenvalue weighted by Gasteiger charge is -2.14. The van der Waals surface area contributed by atoms with Crippen molar-refractivity contribution in [2.45, 2.75) is 19.5 Å². The summed E-state index contributed by atoms with van der Waals surface area (Å²) in [6.45, 7) is 2.33. The van der Waals surface area contributed by atoms with E-state index in [0.29, 0.717) is 12.1 Å². The van der Waals surface area contributed by atoms with E-state index in [1.165, 1.54) is 6.07 Å². The van der Waals surface area contributed by atoms with Crippen molar-refractivity contribution >= 4 is 21.6 Å². The number of rotatable bonds is 4. The summed E-state index contributed by atoms with van der Waals surface area (Å²) in [7, 11) is 0. The van der Waals surface area contributed by atoms with Gasteiger partial charge in [-0.25, -0.2) is 13.8 Å². The number of nitrogens with zero attached hydrogens (tertiary/aromatic N) is 1. The highest BCUT2D eigenvalue weighted by Crippen LogP contribution is 2.23. The van der Waals surface area contributed by atoms with Crippen LogP contribution in [0.5, 0.6) is 0 Å². The molecule has 0 aliphatic carbocycles. The van der Waals surface area contributed by atoms with E-state index in [-0.39, 0.29) is 6.04 Å². The quantitative estimate of drug-likeness (QED) is 0.771. The average molecular weight is 304 g/mol. The van der Waals surface area contributed by atoms with Crippen molar-refractivity contribution < 1.29 is 8.78 Å². The number of para-hydroxylation sites is 1. The van der Waals surface area contributed by atoms with Gasteiger partial charge in [-0.1, -0.05) is 12.1 Å². The van der Waals surface area contributed by atoms with Gasteiger partial charge in [-0.3, -0.25) is 0 Å². The van der Waals surface area contributed by atoms with Crippen molar-refractivity contribution in [2.75, 3.05) is 0 Å². The highest BCUT2D eigenvalue weighted by molar-refractivity contribution is 7.18. The van der Waals surface area contributed by atoms with E-state index in [1.807, 2.05) is 31.2 Å². The van der Waals surface area contributed by atoms with E-state index in [2.05, 4.69) is 10.3 Å². The molecule has 1 aromatic heterocycles. The van der Waals surface area contributed by atoms with Gasteiger partial charge in [-0.05, 0) is 37.3 Å². The molecule has 21 heavy (non-hydrogen) atoms. The molecule has 3 rings (SSSR count). The third kappa shape index (κ3) is 3.09. The molecule has 2 aromatic carbocycles. The largest absolute Gasteiger partial charge is 0.304 e. The molecule has 0 fully saturated rings. The number of halogens is 2. The Morgan fingerprint density at radius 2 is 2.00 bits per heavy atom. The minimum Gasteiger partial charge on any atom is -0.304 e. The SMILES string of the molecule is CC(NCc1nc2ccccc2s1)c1cc(F)ccc1F. The number of nitrogens with one attached hydrogen (secondary N) is 1. The molecule has 0 aliphatic heterocycles. The van der Waals surface area contributed by atoms with Gasteiger partial charge in [0.05, 0.1) is 10.2 Å². The Kier molecular flexibility index (Phi) is 3.94. The second-order valence-electron chi connectivity index (χ2n) is 4.84. The monoisotopic (exact) mass is 304 g/mol. The van der Waals surface area contributed by atoms with Gasteiger partial charge in [0.25, 0.3) is 0 Å². The summed E-state index contributed by atoms with van der Waals surface area (Å²) in [6.07, 6.45) is 0. The molecule has 0 aliphatic rings. The Labute approximate surface area is 125 Å². The first-order valence-corrected chi connectivity index (χ1v) is 7.48. The summed E-state index contributed by atoms with van der Waals surface area (Å²) >= 11 is 1.60. The fourth-order valence-electron chi connectivity index (χ4n) is 2.19. The van der Waals surface area contributed by atoms with Crippen molar-refractivity contribution in [3.63, 3.8) is 0 Å². The van der Waals surface area contributed by atoms with E-state index >= 15 is 0 Å². The molecule has 0 bridgehead atoms. The fourth-order valence-corrected chi connectivity index (χ4v) is 3.11. The second-order valence-corrected chi connectivity index (χ2v) is 5.96. The summed E-state index contributed by atoms with van der Waals surface area (Å²) in [5, 5.41) is 4.12. The summed E-state index contributed by atoms with van der Waals surface area (Å²) in [5.74, 6) is -0.833. The van der Waals surface area contributed by atoms with Crippen LogP contribution in [0.1, 0.15) is 23.5 Å². The minimum absolute atomic E-state index is 0.285. The Bertz CT molecular complexity index is 737. The van der Waals surface area contributed by atoms with E-state index in [0.717, 1.165) is 27.4 Å². The standard InChI is InChI=1S/C16H14F2N2S/c1-10(12-8-11(17)6-7-13(12)18)19-9-16-20-14-4-2-3-5-15(14)21-16/h2-8,10,19H,9H2,1H3. The van der Waals surface area contributed by atoms with E-state index in [1.54, 1.807) is 11.3 Å². The highest BCUT2D eigenvalue weighted by atomic mass is 32.1. The number of thiazole rings is 1. The molecular weight excluding hydrogens is 290 g/mol. The fraction of sp³-hybridized carbons (Fsp3) is 0.188. The van der Waals surface area contributed by atoms with Crippen molar-refractivity contribution in [3.05, 3.63) is 64.7 Å². The zero-order valence-corrected chi connectivity index (χ0v) is 12.3. The topological polar surface area (TPSA) is 24.9 Å². The lowest BCUT2D eigenvalue weighted by Crippen LogP contribution is -2.19. The molecule has 3 aromatic rings. The van der Waals surface area contributed by atoms with Crippen LogP contribution in [-0.4, -0.2) is 4.98 Å². The Hall–Kier alpha value is -1.85. The molecule has 0 saturated heterocycles. The molecule has 1 atom stereocenters. The van der Waals surface area contributed by atoms with Crippen LogP contribution in [0.2, 0.25) is 0 Å². The molecule has 0 amide bonds. The van der Waals surface area contributed by atoms with Crippen LogP contribution in [0.4, 0.5) is 8.78 Å². The number of benzene rings is 2. The van der Waals surface area contributed by atoms with Gasteiger partial charge >= 0.3 is 0 Å². The lowest BCUT2D eigenvalue weighted by molar-refractivity contribution is 0.518. The Morgan fingerprint density at radius 1 is 1.19 bits per heavy atom. The van der Waals surface area contributed by atoms with Crippen LogP contribution >= 0.6 is 11.3 Å². The molecule has 5 heteroatoms. The number of aromatic nitrogens is 1. The molecular formula is C16H14F2N2S. The number of hydrogen-bond donors (Lipinski definition) is 1. The second kappa shape index (κ2) is 5.87. The third-order valence-corrected chi connectivity index (χ3v) is 4.36. The maximum absolute atomic E-state index is 13.7. The summed E-state index contributed by atoms with van der Waals surface area (Å²) < 4.78 is 28.0. The zero-order chi connectivity index (χ0) is 14.8. The third-order valence-electron chi connectivity index (χ3n) is 3.32. The van der Waals surface area contributed by atoms with Gasteiger partial charge < -0.3 is 5.32 Å². The minimum atomic E-state index is -0.431. The van der Waals surface area contributed by atoms with Crippen molar-refractivity contribution in [2.24, 2.45) is 0 Å². The van der Waals surface area contributed by atoms with Gasteiger partial charge in [0.1, 0.15) is 16.6 Å². The van der Waals surface area contributed by atoms with E-state index in [4.69, 9.17) is 0 Å². The van der Waals surface area contributed by atoms with E-state index in [9.17, 15) is 8.78 Å². The van der Waals surface area contributed by atoms with Crippen molar-refractivity contribution in [1.29, 1.82) is 0 Å². The van der Waals surface area contributed by atoms with Crippen LogP contribution in [0.3, 0.4) is 0 Å². The van der Waals surface area contributed by atoms with Crippen LogP contribution in [0.15, 0.2) is 42.5 Å². The van der Waals surface area contributed by atoms with Crippen LogP contribution < -0.4 is 5.32 Å². The number of fused-ring (bicyclic) bond motifs is 1. The van der Waals surface area contributed by atoms with Gasteiger partial charge in [0, 0.05) is 18.2 Å². The van der Waals surface area contributed by atoms with Crippen molar-refractivity contribution in [3.8, 4) is 0 Å². The molecule has 1 heterocycles. The summed E-state index contributed by atoms with van der Waals surface area (Å²) in [4.78, 5) is 4.51. The smallest absolute Gasteiger partial charge is 0.128 e. The first kappa shape index (κ1) is 14.1. The molecule has 0 saturated carbocycles. The Morgan fingerprint density at radius 3 is 2.81 bits per heavy atom. The normalized spacial score (nSPS) is 12.7. The molecule has 0 spiro atoms. The molecule has 2 nitrogen and oxygen atoms in total.